The van der Waals surface area contributed by atoms with Crippen molar-refractivity contribution in [3.8, 4) is 17.1 Å². The van der Waals surface area contributed by atoms with Crippen LogP contribution in [0.25, 0.3) is 11.4 Å². The average Bonchev–Trinajstić information content (AvgIpc) is 2.87. The van der Waals surface area contributed by atoms with Gasteiger partial charge in [-0.05, 0) is 31.4 Å². The lowest BCUT2D eigenvalue weighted by molar-refractivity contribution is 0.0685. The molecule has 0 saturated carbocycles. The van der Waals surface area contributed by atoms with Crippen LogP contribution in [0.15, 0.2) is 24.4 Å². The smallest absolute Gasteiger partial charge is 0.354 e. The van der Waals surface area contributed by atoms with E-state index in [1.165, 1.54) is 18.3 Å². The van der Waals surface area contributed by atoms with Gasteiger partial charge in [0.2, 0.25) is 0 Å². The molecule has 0 bridgehead atoms. The Morgan fingerprint density at radius 1 is 1.33 bits per heavy atom. The van der Waals surface area contributed by atoms with Gasteiger partial charge in [-0.2, -0.15) is 0 Å². The molecule has 5 nitrogen and oxygen atoms in total. The maximum Gasteiger partial charge on any atom is 0.354 e. The normalized spacial score (nSPS) is 14.7. The zero-order valence-electron chi connectivity index (χ0n) is 11.4. The summed E-state index contributed by atoms with van der Waals surface area (Å²) < 4.78 is 20.7. The molecule has 0 spiro atoms. The predicted molar refractivity (Wildman–Crippen MR) is 73.9 cm³/mol. The number of nitrogens with zero attached hydrogens (tertiary/aromatic N) is 2. The Balaban J connectivity index is 2.17. The highest BCUT2D eigenvalue weighted by atomic mass is 19.1. The van der Waals surface area contributed by atoms with Crippen LogP contribution in [-0.4, -0.2) is 27.2 Å². The van der Waals surface area contributed by atoms with Gasteiger partial charge in [-0.25, -0.2) is 14.2 Å². The molecule has 0 amide bonds. The molecule has 21 heavy (non-hydrogen) atoms. The van der Waals surface area contributed by atoms with Crippen LogP contribution in [0, 0.1) is 5.82 Å². The summed E-state index contributed by atoms with van der Waals surface area (Å²) in [5, 5.41) is 9.26. The van der Waals surface area contributed by atoms with E-state index in [1.54, 1.807) is 10.6 Å². The molecule has 3 rings (SSSR count). The Morgan fingerprint density at radius 2 is 2.19 bits per heavy atom. The minimum Gasteiger partial charge on any atom is -0.493 e. The van der Waals surface area contributed by atoms with Crippen LogP contribution < -0.4 is 4.74 Å². The number of carboxylic acids is 1. The molecule has 1 aliphatic heterocycles. The summed E-state index contributed by atoms with van der Waals surface area (Å²) >= 11 is 0. The summed E-state index contributed by atoms with van der Waals surface area (Å²) in [7, 11) is 0. The van der Waals surface area contributed by atoms with Crippen molar-refractivity contribution in [2.75, 3.05) is 6.61 Å². The minimum atomic E-state index is -1.02. The van der Waals surface area contributed by atoms with Gasteiger partial charge in [-0.3, -0.25) is 0 Å². The molecule has 2 aromatic rings. The highest BCUT2D eigenvalue weighted by Gasteiger charge is 2.20. The lowest BCUT2D eigenvalue weighted by atomic mass is 10.1. The number of halogens is 1. The molecule has 0 fully saturated rings. The Kier molecular flexibility index (Phi) is 3.60. The number of aromatic nitrogens is 2. The van der Waals surface area contributed by atoms with Gasteiger partial charge in [-0.1, -0.05) is 0 Å². The molecule has 0 radical (unpaired) electrons. The molecule has 0 atom stereocenters. The molecule has 6 heteroatoms. The number of imidazole rings is 1. The van der Waals surface area contributed by atoms with Crippen LogP contribution in [0.2, 0.25) is 0 Å². The van der Waals surface area contributed by atoms with E-state index < -0.39 is 5.97 Å². The van der Waals surface area contributed by atoms with Crippen LogP contribution in [0.4, 0.5) is 4.39 Å². The number of rotatable bonds is 1. The summed E-state index contributed by atoms with van der Waals surface area (Å²) in [6.07, 6.45) is 3.95. The highest BCUT2D eigenvalue weighted by Crippen LogP contribution is 2.32. The standard InChI is InChI=1S/C15H15FN2O3/c16-10-4-5-11-13(8-10)21-7-3-1-2-6-18-12(15(19)20)9-17-14(11)18/h4-5,8-9H,1-3,6-7H2,(H,19,20). The fourth-order valence-corrected chi connectivity index (χ4v) is 2.52. The Hall–Kier alpha value is -2.37. The second-order valence-corrected chi connectivity index (χ2v) is 4.97. The van der Waals surface area contributed by atoms with Crippen molar-refractivity contribution in [2.45, 2.75) is 25.8 Å². The average molecular weight is 290 g/mol. The number of ether oxygens (including phenoxy) is 1. The Bertz CT molecular complexity index is 682. The van der Waals surface area contributed by atoms with E-state index in [0.29, 0.717) is 30.3 Å². The van der Waals surface area contributed by atoms with Crippen molar-refractivity contribution in [3.63, 3.8) is 0 Å². The van der Waals surface area contributed by atoms with Crippen molar-refractivity contribution in [2.24, 2.45) is 0 Å². The summed E-state index contributed by atoms with van der Waals surface area (Å²) in [4.78, 5) is 15.5. The minimum absolute atomic E-state index is 0.140. The first-order valence-corrected chi connectivity index (χ1v) is 6.88. The third kappa shape index (κ3) is 2.61. The zero-order valence-corrected chi connectivity index (χ0v) is 11.4. The monoisotopic (exact) mass is 290 g/mol. The molecule has 0 aliphatic carbocycles. The number of benzene rings is 1. The number of aromatic carboxylic acids is 1. The summed E-state index contributed by atoms with van der Waals surface area (Å²) in [5.74, 6) is -0.497. The largest absolute Gasteiger partial charge is 0.493 e. The summed E-state index contributed by atoms with van der Waals surface area (Å²) in [6, 6.07) is 4.22. The molecule has 0 unspecified atom stereocenters. The van der Waals surface area contributed by atoms with Crippen LogP contribution in [-0.2, 0) is 6.54 Å². The van der Waals surface area contributed by atoms with Gasteiger partial charge < -0.3 is 14.4 Å². The number of fused-ring (bicyclic) bond motifs is 3. The Labute approximate surface area is 121 Å². The molecule has 1 N–H and O–H groups in total. The molecular weight excluding hydrogens is 275 g/mol. The lowest BCUT2D eigenvalue weighted by Gasteiger charge is -2.16. The molecular formula is C15H15FN2O3. The number of carbonyl (C=O) groups is 1. The third-order valence-corrected chi connectivity index (χ3v) is 3.54. The molecule has 1 aliphatic rings. The SMILES string of the molecule is O=C(O)c1cnc2n1CCCCCOc1cc(F)ccc1-2. The third-order valence-electron chi connectivity index (χ3n) is 3.54. The van der Waals surface area contributed by atoms with Crippen molar-refractivity contribution < 1.29 is 19.0 Å². The Morgan fingerprint density at radius 3 is 3.00 bits per heavy atom. The van der Waals surface area contributed by atoms with Gasteiger partial charge in [0.05, 0.1) is 18.4 Å². The first-order valence-electron chi connectivity index (χ1n) is 6.88. The second kappa shape index (κ2) is 5.55. The second-order valence-electron chi connectivity index (χ2n) is 4.97. The van der Waals surface area contributed by atoms with Crippen LogP contribution >= 0.6 is 0 Å². The van der Waals surface area contributed by atoms with E-state index in [-0.39, 0.29) is 11.5 Å². The fourth-order valence-electron chi connectivity index (χ4n) is 2.52. The van der Waals surface area contributed by atoms with E-state index in [0.717, 1.165) is 19.3 Å². The van der Waals surface area contributed by atoms with E-state index >= 15 is 0 Å². The van der Waals surface area contributed by atoms with Crippen LogP contribution in [0.1, 0.15) is 29.8 Å². The first kappa shape index (κ1) is 13.6. The quantitative estimate of drug-likeness (QED) is 0.877. The lowest BCUT2D eigenvalue weighted by Crippen LogP contribution is -2.12. The summed E-state index contributed by atoms with van der Waals surface area (Å²) in [5.41, 5.74) is 0.756. The van der Waals surface area contributed by atoms with Crippen molar-refractivity contribution in [1.82, 2.24) is 9.55 Å². The zero-order chi connectivity index (χ0) is 14.8. The number of carboxylic acid groups (broad SMARTS) is 1. The maximum atomic E-state index is 13.4. The maximum absolute atomic E-state index is 13.4. The number of hydrogen-bond acceptors (Lipinski definition) is 3. The topological polar surface area (TPSA) is 64.3 Å². The molecule has 110 valence electrons. The van der Waals surface area contributed by atoms with Crippen molar-refractivity contribution in [3.05, 3.63) is 35.9 Å². The van der Waals surface area contributed by atoms with Gasteiger partial charge in [0.15, 0.2) is 0 Å². The van der Waals surface area contributed by atoms with Gasteiger partial charge >= 0.3 is 5.97 Å². The van der Waals surface area contributed by atoms with Gasteiger partial charge in [0.1, 0.15) is 23.1 Å². The van der Waals surface area contributed by atoms with Crippen LogP contribution in [0.3, 0.4) is 0 Å². The fraction of sp³-hybridized carbons (Fsp3) is 0.333. The first-order chi connectivity index (χ1) is 10.2. The molecule has 0 saturated heterocycles. The number of hydrogen-bond donors (Lipinski definition) is 1. The van der Waals surface area contributed by atoms with E-state index in [9.17, 15) is 14.3 Å². The van der Waals surface area contributed by atoms with Gasteiger partial charge in [0, 0.05) is 12.6 Å². The van der Waals surface area contributed by atoms with E-state index in [1.807, 2.05) is 0 Å². The molecule has 1 aromatic heterocycles. The van der Waals surface area contributed by atoms with Crippen molar-refractivity contribution in [1.29, 1.82) is 0 Å². The van der Waals surface area contributed by atoms with Crippen molar-refractivity contribution >= 4 is 5.97 Å². The van der Waals surface area contributed by atoms with E-state index in [2.05, 4.69) is 4.98 Å². The highest BCUT2D eigenvalue weighted by molar-refractivity contribution is 5.86. The molecule has 2 heterocycles. The summed E-state index contributed by atoms with van der Waals surface area (Å²) in [6.45, 7) is 1.09. The van der Waals surface area contributed by atoms with Gasteiger partial charge in [0.25, 0.3) is 0 Å². The molecule has 1 aromatic carbocycles. The van der Waals surface area contributed by atoms with E-state index in [4.69, 9.17) is 4.74 Å². The predicted octanol–water partition coefficient (Wildman–Crippen LogP) is 2.95. The van der Waals surface area contributed by atoms with Gasteiger partial charge in [-0.15, -0.1) is 0 Å². The van der Waals surface area contributed by atoms with Crippen LogP contribution in [0.5, 0.6) is 5.75 Å².